The third-order valence-electron chi connectivity index (χ3n) is 3.59. The smallest absolute Gasteiger partial charge is 0.224 e. The molecule has 0 radical (unpaired) electrons. The molecule has 1 heterocycles. The summed E-state index contributed by atoms with van der Waals surface area (Å²) in [6, 6.07) is 14.1. The highest BCUT2D eigenvalue weighted by Crippen LogP contribution is 2.23. The summed E-state index contributed by atoms with van der Waals surface area (Å²) in [4.78, 5) is 15.5. The van der Waals surface area contributed by atoms with E-state index in [1.807, 2.05) is 44.2 Å². The molecule has 0 bridgehead atoms. The van der Waals surface area contributed by atoms with E-state index < -0.39 is 5.41 Å². The Hall–Kier alpha value is -2.20. The van der Waals surface area contributed by atoms with Crippen molar-refractivity contribution in [3.63, 3.8) is 0 Å². The molecule has 3 N–H and O–H groups in total. The zero-order valence-corrected chi connectivity index (χ0v) is 12.4. The first kappa shape index (κ1) is 15.2. The topological polar surface area (TPSA) is 68.0 Å². The second kappa shape index (κ2) is 6.50. The molecule has 1 amide bonds. The number of hydrogen-bond donors (Lipinski definition) is 2. The summed E-state index contributed by atoms with van der Waals surface area (Å²) in [5, 5.41) is 3.45. The second-order valence-electron chi connectivity index (χ2n) is 5.75. The molecule has 0 aliphatic carbocycles. The van der Waals surface area contributed by atoms with E-state index >= 15 is 0 Å². The summed E-state index contributed by atoms with van der Waals surface area (Å²) in [6.45, 7) is 4.19. The lowest BCUT2D eigenvalue weighted by Gasteiger charge is -2.26. The number of nitrogens with zero attached hydrogens (tertiary/aromatic N) is 1. The average Bonchev–Trinajstić information content (AvgIpc) is 2.49. The van der Waals surface area contributed by atoms with Crippen molar-refractivity contribution in [3.8, 4) is 0 Å². The van der Waals surface area contributed by atoms with Gasteiger partial charge >= 0.3 is 0 Å². The molecule has 0 aliphatic heterocycles. The molecule has 4 nitrogen and oxygen atoms in total. The van der Waals surface area contributed by atoms with Crippen LogP contribution in [-0.4, -0.2) is 17.4 Å². The van der Waals surface area contributed by atoms with Gasteiger partial charge in [0.25, 0.3) is 0 Å². The maximum Gasteiger partial charge on any atom is 0.224 e. The zero-order chi connectivity index (χ0) is 15.3. The molecule has 0 saturated carbocycles. The van der Waals surface area contributed by atoms with Crippen LogP contribution in [0.4, 0.5) is 0 Å². The fourth-order valence-electron chi connectivity index (χ4n) is 2.07. The molecule has 110 valence electrons. The first-order chi connectivity index (χ1) is 10.0. The molecular weight excluding hydrogens is 262 g/mol. The number of carbonyl (C=O) groups excluding carboxylic acids is 1. The van der Waals surface area contributed by atoms with Crippen molar-refractivity contribution in [2.45, 2.75) is 19.9 Å². The van der Waals surface area contributed by atoms with Gasteiger partial charge in [0, 0.05) is 18.9 Å². The lowest BCUT2D eigenvalue weighted by atomic mass is 9.91. The van der Waals surface area contributed by atoms with Crippen molar-refractivity contribution < 1.29 is 4.79 Å². The number of primary amides is 1. The zero-order valence-electron chi connectivity index (χ0n) is 12.4. The Morgan fingerprint density at radius 2 is 1.71 bits per heavy atom. The van der Waals surface area contributed by atoms with Gasteiger partial charge in [-0.25, -0.2) is 0 Å². The summed E-state index contributed by atoms with van der Waals surface area (Å²) in [7, 11) is 0. The van der Waals surface area contributed by atoms with Gasteiger partial charge in [-0.1, -0.05) is 30.3 Å². The van der Waals surface area contributed by atoms with Crippen molar-refractivity contribution in [2.24, 2.45) is 11.1 Å². The highest BCUT2D eigenvalue weighted by atomic mass is 16.1. The van der Waals surface area contributed by atoms with Crippen LogP contribution in [0.3, 0.4) is 0 Å². The second-order valence-corrected chi connectivity index (χ2v) is 5.75. The Balaban J connectivity index is 2.24. The highest BCUT2D eigenvalue weighted by Gasteiger charge is 2.26. The van der Waals surface area contributed by atoms with Gasteiger partial charge in [0.15, 0.2) is 0 Å². The van der Waals surface area contributed by atoms with Gasteiger partial charge in [-0.3, -0.25) is 9.78 Å². The van der Waals surface area contributed by atoms with Crippen LogP contribution in [-0.2, 0) is 4.79 Å². The minimum atomic E-state index is -0.597. The normalized spacial score (nSPS) is 12.9. The molecule has 1 atom stereocenters. The molecule has 0 spiro atoms. The van der Waals surface area contributed by atoms with E-state index in [-0.39, 0.29) is 11.9 Å². The Labute approximate surface area is 125 Å². The number of nitrogens with two attached hydrogens (primary N) is 1. The van der Waals surface area contributed by atoms with Crippen LogP contribution >= 0.6 is 0 Å². The van der Waals surface area contributed by atoms with Gasteiger partial charge in [-0.2, -0.15) is 0 Å². The summed E-state index contributed by atoms with van der Waals surface area (Å²) in [5.41, 5.74) is 7.10. The number of pyridine rings is 1. The molecule has 0 saturated heterocycles. The number of benzene rings is 1. The third-order valence-corrected chi connectivity index (χ3v) is 3.59. The predicted octanol–water partition coefficient (Wildman–Crippen LogP) is 2.27. The van der Waals surface area contributed by atoms with Crippen molar-refractivity contribution in [3.05, 3.63) is 66.0 Å². The van der Waals surface area contributed by atoms with Crippen LogP contribution in [0.25, 0.3) is 0 Å². The van der Waals surface area contributed by atoms with E-state index in [4.69, 9.17) is 5.73 Å². The molecule has 1 unspecified atom stereocenters. The number of carbonyl (C=O) groups is 1. The number of rotatable bonds is 6. The Kier molecular flexibility index (Phi) is 4.70. The molecule has 21 heavy (non-hydrogen) atoms. The molecule has 1 aromatic heterocycles. The lowest BCUT2D eigenvalue weighted by Crippen LogP contribution is -2.41. The monoisotopic (exact) mass is 283 g/mol. The summed E-state index contributed by atoms with van der Waals surface area (Å²) < 4.78 is 0. The van der Waals surface area contributed by atoms with Crippen LogP contribution < -0.4 is 11.1 Å². The van der Waals surface area contributed by atoms with Crippen LogP contribution in [0.15, 0.2) is 54.9 Å². The van der Waals surface area contributed by atoms with Crippen LogP contribution in [0, 0.1) is 5.41 Å². The van der Waals surface area contributed by atoms with Gasteiger partial charge in [-0.05, 0) is 37.1 Å². The maximum atomic E-state index is 11.5. The molecular formula is C17H21N3O. The Morgan fingerprint density at radius 1 is 1.14 bits per heavy atom. The highest BCUT2D eigenvalue weighted by molar-refractivity contribution is 5.80. The van der Waals surface area contributed by atoms with Gasteiger partial charge in [0.1, 0.15) is 0 Å². The fourth-order valence-corrected chi connectivity index (χ4v) is 2.07. The van der Waals surface area contributed by atoms with Gasteiger partial charge in [0.05, 0.1) is 11.5 Å². The van der Waals surface area contributed by atoms with Crippen molar-refractivity contribution in [2.75, 3.05) is 6.54 Å². The van der Waals surface area contributed by atoms with Gasteiger partial charge in [-0.15, -0.1) is 0 Å². The fraction of sp³-hybridized carbons (Fsp3) is 0.294. The van der Waals surface area contributed by atoms with E-state index in [2.05, 4.69) is 22.4 Å². The van der Waals surface area contributed by atoms with Crippen molar-refractivity contribution in [1.29, 1.82) is 0 Å². The number of aromatic nitrogens is 1. The van der Waals surface area contributed by atoms with E-state index in [1.165, 1.54) is 0 Å². The molecule has 0 fully saturated rings. The minimum Gasteiger partial charge on any atom is -0.369 e. The molecule has 2 rings (SSSR count). The van der Waals surface area contributed by atoms with E-state index in [0.717, 1.165) is 11.1 Å². The van der Waals surface area contributed by atoms with E-state index in [0.29, 0.717) is 6.54 Å². The summed E-state index contributed by atoms with van der Waals surface area (Å²) in [5.74, 6) is -0.309. The van der Waals surface area contributed by atoms with Crippen LogP contribution in [0.5, 0.6) is 0 Å². The van der Waals surface area contributed by atoms with E-state index in [1.54, 1.807) is 12.4 Å². The number of nitrogens with one attached hydrogen (secondary N) is 1. The summed E-state index contributed by atoms with van der Waals surface area (Å²) >= 11 is 0. The predicted molar refractivity (Wildman–Crippen MR) is 83.5 cm³/mol. The van der Waals surface area contributed by atoms with Crippen LogP contribution in [0.2, 0.25) is 0 Å². The first-order valence-corrected chi connectivity index (χ1v) is 6.99. The van der Waals surface area contributed by atoms with Crippen LogP contribution in [0.1, 0.15) is 31.0 Å². The third kappa shape index (κ3) is 3.89. The maximum absolute atomic E-state index is 11.5. The van der Waals surface area contributed by atoms with Crippen molar-refractivity contribution in [1.82, 2.24) is 10.3 Å². The quantitative estimate of drug-likeness (QED) is 0.854. The van der Waals surface area contributed by atoms with Gasteiger partial charge < -0.3 is 11.1 Å². The Bertz CT molecular complexity index is 542. The minimum absolute atomic E-state index is 0.00725. The van der Waals surface area contributed by atoms with E-state index in [9.17, 15) is 4.79 Å². The van der Waals surface area contributed by atoms with Crippen molar-refractivity contribution >= 4 is 5.91 Å². The molecule has 0 aliphatic rings. The van der Waals surface area contributed by atoms with Gasteiger partial charge in [0.2, 0.25) is 5.91 Å². The molecule has 1 aromatic carbocycles. The number of hydrogen-bond acceptors (Lipinski definition) is 3. The standard InChI is InChI=1S/C17H21N3O/c1-17(2,16(18)21)12-20-15(13-6-4-3-5-7-13)14-8-10-19-11-9-14/h3-11,15,20H,12H2,1-2H3,(H2,18,21). The number of amides is 1. The first-order valence-electron chi connectivity index (χ1n) is 6.99. The largest absolute Gasteiger partial charge is 0.369 e. The summed E-state index contributed by atoms with van der Waals surface area (Å²) in [6.07, 6.45) is 3.54. The average molecular weight is 283 g/mol. The Morgan fingerprint density at radius 3 is 2.29 bits per heavy atom. The molecule has 4 heteroatoms. The SMILES string of the molecule is CC(C)(CNC(c1ccccc1)c1ccncc1)C(N)=O. The molecule has 2 aromatic rings. The lowest BCUT2D eigenvalue weighted by molar-refractivity contribution is -0.125.